The van der Waals surface area contributed by atoms with Gasteiger partial charge in [-0.3, -0.25) is 4.79 Å². The average Bonchev–Trinajstić information content (AvgIpc) is 2.74. The van der Waals surface area contributed by atoms with Crippen molar-refractivity contribution in [1.82, 2.24) is 4.90 Å². The Morgan fingerprint density at radius 3 is 2.21 bits per heavy atom. The van der Waals surface area contributed by atoms with Crippen LogP contribution in [0.2, 0.25) is 0 Å². The molecule has 0 radical (unpaired) electrons. The van der Waals surface area contributed by atoms with Crippen LogP contribution in [0.4, 0.5) is 5.69 Å². The molecule has 1 heterocycles. The fraction of sp³-hybridized carbons (Fsp3) is 0.417. The zero-order valence-corrected chi connectivity index (χ0v) is 17.0. The predicted octanol–water partition coefficient (Wildman–Crippen LogP) is 4.74. The monoisotopic (exact) mass is 380 g/mol. The number of aldehydes is 1. The highest BCUT2D eigenvalue weighted by molar-refractivity contribution is 5.92. The van der Waals surface area contributed by atoms with Crippen LogP contribution in [0.25, 0.3) is 0 Å². The third-order valence-corrected chi connectivity index (χ3v) is 4.97. The van der Waals surface area contributed by atoms with Crippen molar-refractivity contribution in [3.05, 3.63) is 66.2 Å². The van der Waals surface area contributed by atoms with Crippen LogP contribution in [-0.4, -0.2) is 36.7 Å². The molecule has 0 aromatic heterocycles. The third kappa shape index (κ3) is 7.65. The summed E-state index contributed by atoms with van der Waals surface area (Å²) in [7, 11) is 0. The first-order chi connectivity index (χ1) is 13.6. The van der Waals surface area contributed by atoms with Crippen molar-refractivity contribution in [2.24, 2.45) is 5.92 Å². The summed E-state index contributed by atoms with van der Waals surface area (Å²) in [6.45, 7) is 6.76. The van der Waals surface area contributed by atoms with Crippen LogP contribution in [0.15, 0.2) is 60.7 Å². The molecule has 1 aliphatic heterocycles. The summed E-state index contributed by atoms with van der Waals surface area (Å²) in [4.78, 5) is 24.6. The molecule has 0 atom stereocenters. The van der Waals surface area contributed by atoms with Crippen LogP contribution in [-0.2, 0) is 9.59 Å². The van der Waals surface area contributed by atoms with Gasteiger partial charge in [-0.05, 0) is 49.5 Å². The highest BCUT2D eigenvalue weighted by Crippen LogP contribution is 2.29. The maximum absolute atomic E-state index is 11.8. The largest absolute Gasteiger partial charge is 0.326 e. The van der Waals surface area contributed by atoms with E-state index in [4.69, 9.17) is 0 Å². The fourth-order valence-electron chi connectivity index (χ4n) is 3.27. The molecule has 4 nitrogen and oxygen atoms in total. The van der Waals surface area contributed by atoms with Gasteiger partial charge >= 0.3 is 0 Å². The van der Waals surface area contributed by atoms with Gasteiger partial charge in [0, 0.05) is 24.6 Å². The van der Waals surface area contributed by atoms with Gasteiger partial charge in [-0.15, -0.1) is 0 Å². The van der Waals surface area contributed by atoms with Gasteiger partial charge in [-0.2, -0.15) is 0 Å². The van der Waals surface area contributed by atoms with Crippen LogP contribution < -0.4 is 5.32 Å². The Bertz CT molecular complexity index is 681. The molecule has 1 N–H and O–H groups in total. The Labute approximate surface area is 169 Å². The number of hydrogen-bond donors (Lipinski definition) is 1. The zero-order chi connectivity index (χ0) is 20.2. The van der Waals surface area contributed by atoms with Crippen LogP contribution in [0.1, 0.15) is 44.6 Å². The number of nitrogens with zero attached hydrogens (tertiary/aromatic N) is 1. The van der Waals surface area contributed by atoms with Gasteiger partial charge in [0.05, 0.1) is 0 Å². The first kappa shape index (κ1) is 21.8. The lowest BCUT2D eigenvalue weighted by atomic mass is 9.89. The molecule has 0 bridgehead atoms. The van der Waals surface area contributed by atoms with E-state index >= 15 is 0 Å². The van der Waals surface area contributed by atoms with Crippen LogP contribution >= 0.6 is 0 Å². The van der Waals surface area contributed by atoms with Gasteiger partial charge in [-0.25, -0.2) is 0 Å². The average molecular weight is 381 g/mol. The number of anilines is 1. The van der Waals surface area contributed by atoms with E-state index < -0.39 is 0 Å². The Balaban J connectivity index is 0.000000397. The molecule has 1 aliphatic rings. The van der Waals surface area contributed by atoms with E-state index in [2.05, 4.69) is 22.3 Å². The molecule has 1 fully saturated rings. The Hall–Kier alpha value is -2.46. The minimum atomic E-state index is -0.00952. The van der Waals surface area contributed by atoms with E-state index in [9.17, 15) is 9.59 Å². The molecule has 1 saturated heterocycles. The van der Waals surface area contributed by atoms with E-state index in [0.717, 1.165) is 44.4 Å². The number of likely N-dealkylation sites (tertiary alicyclic amines) is 1. The number of rotatable bonds is 6. The third-order valence-electron chi connectivity index (χ3n) is 4.97. The molecule has 0 spiro atoms. The van der Waals surface area contributed by atoms with E-state index in [1.165, 1.54) is 5.56 Å². The molecule has 2 aromatic rings. The van der Waals surface area contributed by atoms with Gasteiger partial charge < -0.3 is 15.0 Å². The quantitative estimate of drug-likeness (QED) is 0.737. The standard InChI is InChI=1S/C18H26N2O2.C6H6/c1-14(2)18(22)19-17-6-3-5-16(13-17)15-7-10-20(11-8-15)9-4-12-21;1-2-4-6-5-3-1/h3,5-6,12-15H,4,7-11H2,1-2H3,(H,19,22);1-6H. The second kappa shape index (κ2) is 12.1. The SMILES string of the molecule is CC(C)C(=O)Nc1cccc(C2CCN(CCC=O)CC2)c1.c1ccccc1. The van der Waals surface area contributed by atoms with Crippen LogP contribution in [0.3, 0.4) is 0 Å². The fourth-order valence-corrected chi connectivity index (χ4v) is 3.27. The van der Waals surface area contributed by atoms with Crippen LogP contribution in [0, 0.1) is 5.92 Å². The van der Waals surface area contributed by atoms with Crippen molar-refractivity contribution in [2.45, 2.75) is 39.0 Å². The zero-order valence-electron chi connectivity index (χ0n) is 17.0. The first-order valence-corrected chi connectivity index (χ1v) is 10.2. The van der Waals surface area contributed by atoms with E-state index in [1.54, 1.807) is 0 Å². The molecule has 0 saturated carbocycles. The summed E-state index contributed by atoms with van der Waals surface area (Å²) in [5.74, 6) is 0.592. The van der Waals surface area contributed by atoms with Gasteiger partial charge in [0.1, 0.15) is 6.29 Å². The van der Waals surface area contributed by atoms with E-state index in [-0.39, 0.29) is 11.8 Å². The minimum absolute atomic E-state index is 0.00952. The lowest BCUT2D eigenvalue weighted by Crippen LogP contribution is -2.33. The second-order valence-electron chi connectivity index (χ2n) is 7.50. The number of carbonyl (C=O) groups excluding carboxylic acids is 2. The lowest BCUT2D eigenvalue weighted by Gasteiger charge is -2.31. The molecule has 0 unspecified atom stereocenters. The molecule has 1 amide bonds. The predicted molar refractivity (Wildman–Crippen MR) is 115 cm³/mol. The smallest absolute Gasteiger partial charge is 0.226 e. The highest BCUT2D eigenvalue weighted by atomic mass is 16.1. The van der Waals surface area contributed by atoms with E-state index in [0.29, 0.717) is 12.3 Å². The first-order valence-electron chi connectivity index (χ1n) is 10.2. The molecule has 4 heteroatoms. The number of amides is 1. The highest BCUT2D eigenvalue weighted by Gasteiger charge is 2.20. The molecular formula is C24H32N2O2. The van der Waals surface area contributed by atoms with Crippen molar-refractivity contribution in [3.63, 3.8) is 0 Å². The normalized spacial score (nSPS) is 14.8. The van der Waals surface area contributed by atoms with Crippen molar-refractivity contribution in [2.75, 3.05) is 25.0 Å². The summed E-state index contributed by atoms with van der Waals surface area (Å²) in [6, 6.07) is 20.2. The summed E-state index contributed by atoms with van der Waals surface area (Å²) in [5, 5.41) is 2.97. The van der Waals surface area contributed by atoms with Crippen molar-refractivity contribution < 1.29 is 9.59 Å². The Morgan fingerprint density at radius 2 is 1.68 bits per heavy atom. The Kier molecular flexibility index (Phi) is 9.43. The maximum Gasteiger partial charge on any atom is 0.226 e. The topological polar surface area (TPSA) is 49.4 Å². The van der Waals surface area contributed by atoms with E-state index in [1.807, 2.05) is 62.4 Å². The summed E-state index contributed by atoms with van der Waals surface area (Å²) in [6.07, 6.45) is 3.84. The van der Waals surface area contributed by atoms with Gasteiger partial charge in [0.2, 0.25) is 5.91 Å². The van der Waals surface area contributed by atoms with Crippen molar-refractivity contribution >= 4 is 17.9 Å². The molecule has 150 valence electrons. The minimum Gasteiger partial charge on any atom is -0.326 e. The van der Waals surface area contributed by atoms with Gasteiger partial charge in [0.15, 0.2) is 0 Å². The maximum atomic E-state index is 11.8. The lowest BCUT2D eigenvalue weighted by molar-refractivity contribution is -0.118. The number of piperidine rings is 1. The van der Waals surface area contributed by atoms with Crippen LogP contribution in [0.5, 0.6) is 0 Å². The molecule has 3 rings (SSSR count). The molecule has 0 aliphatic carbocycles. The number of nitrogens with one attached hydrogen (secondary N) is 1. The van der Waals surface area contributed by atoms with Crippen molar-refractivity contribution in [3.8, 4) is 0 Å². The summed E-state index contributed by atoms with van der Waals surface area (Å²) < 4.78 is 0. The Morgan fingerprint density at radius 1 is 1.07 bits per heavy atom. The number of carbonyl (C=O) groups is 2. The number of hydrogen-bond acceptors (Lipinski definition) is 3. The van der Waals surface area contributed by atoms with Gasteiger partial charge in [0.25, 0.3) is 0 Å². The van der Waals surface area contributed by atoms with Crippen molar-refractivity contribution in [1.29, 1.82) is 0 Å². The summed E-state index contributed by atoms with van der Waals surface area (Å²) >= 11 is 0. The van der Waals surface area contributed by atoms with Gasteiger partial charge in [-0.1, -0.05) is 62.4 Å². The molecular weight excluding hydrogens is 348 g/mol. The molecule has 28 heavy (non-hydrogen) atoms. The second-order valence-corrected chi connectivity index (χ2v) is 7.50. The number of benzene rings is 2. The summed E-state index contributed by atoms with van der Waals surface area (Å²) in [5.41, 5.74) is 2.19. The molecule has 2 aromatic carbocycles.